The minimum absolute atomic E-state index is 1.05. The third kappa shape index (κ3) is 1.30. The zero-order valence-electron chi connectivity index (χ0n) is 10.5. The van der Waals surface area contributed by atoms with Gasteiger partial charge >= 0.3 is 0 Å². The molecule has 3 heterocycles. The molecule has 3 aromatic rings. The lowest BCUT2D eigenvalue weighted by Gasteiger charge is -2.13. The summed E-state index contributed by atoms with van der Waals surface area (Å²) in [6, 6.07) is 8.51. The van der Waals surface area contributed by atoms with Crippen molar-refractivity contribution in [2.75, 3.05) is 0 Å². The Morgan fingerprint density at radius 1 is 1.06 bits per heavy atom. The van der Waals surface area contributed by atoms with E-state index in [2.05, 4.69) is 33.8 Å². The summed E-state index contributed by atoms with van der Waals surface area (Å²) in [7, 11) is 0. The number of hydrogen-bond acceptors (Lipinski definition) is 2. The zero-order valence-corrected chi connectivity index (χ0v) is 10.5. The summed E-state index contributed by atoms with van der Waals surface area (Å²) in [5, 5.41) is 1.18. The van der Waals surface area contributed by atoms with E-state index in [-0.39, 0.29) is 0 Å². The highest BCUT2D eigenvalue weighted by molar-refractivity contribution is 6.02. The highest BCUT2D eigenvalue weighted by atomic mass is 15.1. The minimum atomic E-state index is 1.05. The number of nitrogens with zero attached hydrogens (tertiary/aromatic N) is 3. The molecule has 3 nitrogen and oxygen atoms in total. The smallest absolute Gasteiger partial charge is 0.109 e. The van der Waals surface area contributed by atoms with Gasteiger partial charge in [-0.15, -0.1) is 0 Å². The maximum atomic E-state index is 4.83. The largest absolute Gasteiger partial charge is 0.328 e. The summed E-state index contributed by atoms with van der Waals surface area (Å²) in [5.74, 6) is 1.24. The topological polar surface area (TPSA) is 30.7 Å². The second-order valence-electron chi connectivity index (χ2n) is 5.09. The number of benzene rings is 1. The van der Waals surface area contributed by atoms with E-state index in [1.807, 2.05) is 6.92 Å². The van der Waals surface area contributed by atoms with Gasteiger partial charge in [0.25, 0.3) is 0 Å². The van der Waals surface area contributed by atoms with E-state index in [1.165, 1.54) is 29.6 Å². The van der Waals surface area contributed by atoms with Crippen molar-refractivity contribution in [2.24, 2.45) is 0 Å². The number of rotatable bonds is 0. The maximum Gasteiger partial charge on any atom is 0.109 e. The summed E-state index contributed by atoms with van der Waals surface area (Å²) in [4.78, 5) is 9.42. The van der Waals surface area contributed by atoms with Crippen molar-refractivity contribution in [3.63, 3.8) is 0 Å². The Labute approximate surface area is 105 Å². The van der Waals surface area contributed by atoms with Crippen LogP contribution in [0.3, 0.4) is 0 Å². The summed E-state index contributed by atoms with van der Waals surface area (Å²) in [6.07, 6.45) is 3.64. The van der Waals surface area contributed by atoms with Crippen LogP contribution in [0.4, 0.5) is 0 Å². The lowest BCUT2D eigenvalue weighted by atomic mass is 10.1. The van der Waals surface area contributed by atoms with Crippen molar-refractivity contribution in [2.45, 2.75) is 32.7 Å². The quantitative estimate of drug-likeness (QED) is 0.601. The van der Waals surface area contributed by atoms with Gasteiger partial charge in [0.1, 0.15) is 5.82 Å². The molecule has 3 heteroatoms. The molecular weight excluding hydrogens is 222 g/mol. The fourth-order valence-electron chi connectivity index (χ4n) is 2.94. The van der Waals surface area contributed by atoms with E-state index >= 15 is 0 Å². The number of imidazole rings is 1. The molecule has 0 bridgehead atoms. The highest BCUT2D eigenvalue weighted by Crippen LogP contribution is 2.27. The molecule has 0 fully saturated rings. The van der Waals surface area contributed by atoms with E-state index in [9.17, 15) is 0 Å². The fraction of sp³-hybridized carbons (Fsp3) is 0.333. The van der Waals surface area contributed by atoms with Crippen molar-refractivity contribution in [1.29, 1.82) is 0 Å². The minimum Gasteiger partial charge on any atom is -0.328 e. The second kappa shape index (κ2) is 3.55. The molecule has 0 atom stereocenters. The van der Waals surface area contributed by atoms with Crippen LogP contribution < -0.4 is 0 Å². The number of hydrogen-bond donors (Lipinski definition) is 0. The standard InChI is InChI=1S/C15H15N3/c1-10-5-6-11-12(16-10)7-8-13-15(11)17-14-4-2-3-9-18(13)14/h5-8H,2-4,9H2,1H3. The molecule has 2 aromatic heterocycles. The first-order chi connectivity index (χ1) is 8.83. The summed E-state index contributed by atoms with van der Waals surface area (Å²) in [5.41, 5.74) is 4.50. The highest BCUT2D eigenvalue weighted by Gasteiger charge is 2.16. The van der Waals surface area contributed by atoms with Gasteiger partial charge in [0.2, 0.25) is 0 Å². The van der Waals surface area contributed by atoms with Gasteiger partial charge in [0, 0.05) is 24.0 Å². The van der Waals surface area contributed by atoms with E-state index < -0.39 is 0 Å². The first kappa shape index (κ1) is 10.1. The van der Waals surface area contributed by atoms with E-state index in [1.54, 1.807) is 0 Å². The molecule has 0 saturated heterocycles. The average Bonchev–Trinajstić information content (AvgIpc) is 2.77. The third-order valence-electron chi connectivity index (χ3n) is 3.84. The summed E-state index contributed by atoms with van der Waals surface area (Å²) >= 11 is 0. The molecule has 0 N–H and O–H groups in total. The van der Waals surface area contributed by atoms with E-state index in [0.717, 1.165) is 29.7 Å². The van der Waals surface area contributed by atoms with Crippen molar-refractivity contribution >= 4 is 21.9 Å². The second-order valence-corrected chi connectivity index (χ2v) is 5.09. The van der Waals surface area contributed by atoms with Crippen molar-refractivity contribution in [1.82, 2.24) is 14.5 Å². The van der Waals surface area contributed by atoms with E-state index in [0.29, 0.717) is 0 Å². The van der Waals surface area contributed by atoms with Gasteiger partial charge in [0.15, 0.2) is 0 Å². The lowest BCUT2D eigenvalue weighted by Crippen LogP contribution is -2.09. The van der Waals surface area contributed by atoms with Crippen LogP contribution in [0.5, 0.6) is 0 Å². The Morgan fingerprint density at radius 2 is 2.00 bits per heavy atom. The molecule has 1 aliphatic rings. The number of pyridine rings is 1. The van der Waals surface area contributed by atoms with Gasteiger partial charge in [-0.25, -0.2) is 4.98 Å². The molecule has 0 spiro atoms. The van der Waals surface area contributed by atoms with Gasteiger partial charge in [-0.3, -0.25) is 4.98 Å². The molecular formula is C15H15N3. The monoisotopic (exact) mass is 237 g/mol. The molecule has 4 rings (SSSR count). The van der Waals surface area contributed by atoms with Crippen LogP contribution in [0.15, 0.2) is 24.3 Å². The Morgan fingerprint density at radius 3 is 2.94 bits per heavy atom. The molecule has 1 aliphatic heterocycles. The molecule has 1 aromatic carbocycles. The Hall–Kier alpha value is -1.90. The molecule has 90 valence electrons. The fourth-order valence-corrected chi connectivity index (χ4v) is 2.94. The Bertz CT molecular complexity index is 755. The Kier molecular flexibility index (Phi) is 1.98. The maximum absolute atomic E-state index is 4.83. The van der Waals surface area contributed by atoms with Gasteiger partial charge in [0.05, 0.1) is 16.6 Å². The number of aryl methyl sites for hydroxylation is 3. The van der Waals surface area contributed by atoms with Gasteiger partial charge in [-0.05, 0) is 44.0 Å². The van der Waals surface area contributed by atoms with Gasteiger partial charge < -0.3 is 4.57 Å². The third-order valence-corrected chi connectivity index (χ3v) is 3.84. The van der Waals surface area contributed by atoms with E-state index in [4.69, 9.17) is 4.98 Å². The summed E-state index contributed by atoms with van der Waals surface area (Å²) in [6.45, 7) is 3.14. The summed E-state index contributed by atoms with van der Waals surface area (Å²) < 4.78 is 2.37. The van der Waals surface area contributed by atoms with Crippen molar-refractivity contribution in [3.8, 4) is 0 Å². The van der Waals surface area contributed by atoms with Gasteiger partial charge in [-0.1, -0.05) is 0 Å². The first-order valence-corrected chi connectivity index (χ1v) is 6.58. The predicted molar refractivity (Wildman–Crippen MR) is 72.7 cm³/mol. The SMILES string of the molecule is Cc1ccc2c(ccc3c2nc2n3CCCC2)n1. The molecule has 18 heavy (non-hydrogen) atoms. The number of fused-ring (bicyclic) bond motifs is 5. The molecule has 0 unspecified atom stereocenters. The van der Waals surface area contributed by atoms with Crippen LogP contribution in [0, 0.1) is 6.92 Å². The Balaban J connectivity index is 2.13. The van der Waals surface area contributed by atoms with Crippen LogP contribution in [-0.4, -0.2) is 14.5 Å². The molecule has 0 saturated carbocycles. The molecule has 0 amide bonds. The van der Waals surface area contributed by atoms with Crippen molar-refractivity contribution < 1.29 is 0 Å². The van der Waals surface area contributed by atoms with Crippen LogP contribution in [-0.2, 0) is 13.0 Å². The van der Waals surface area contributed by atoms with Crippen molar-refractivity contribution in [3.05, 3.63) is 35.8 Å². The lowest BCUT2D eigenvalue weighted by molar-refractivity contribution is 0.533. The zero-order chi connectivity index (χ0) is 12.1. The molecule has 0 radical (unpaired) electrons. The van der Waals surface area contributed by atoms with Gasteiger partial charge in [-0.2, -0.15) is 0 Å². The average molecular weight is 237 g/mol. The van der Waals surface area contributed by atoms with Crippen LogP contribution in [0.25, 0.3) is 21.9 Å². The van der Waals surface area contributed by atoms with Crippen LogP contribution in [0.1, 0.15) is 24.4 Å². The number of aromatic nitrogens is 3. The van der Waals surface area contributed by atoms with Crippen LogP contribution >= 0.6 is 0 Å². The predicted octanol–water partition coefficient (Wildman–Crippen LogP) is 3.23. The first-order valence-electron chi connectivity index (χ1n) is 6.58. The van der Waals surface area contributed by atoms with Crippen LogP contribution in [0.2, 0.25) is 0 Å². The molecule has 0 aliphatic carbocycles. The normalized spacial score (nSPS) is 15.2.